The minimum Gasteiger partial charge on any atom is -0.395 e. The van der Waals surface area contributed by atoms with Crippen LogP contribution in [0.3, 0.4) is 0 Å². The average molecular weight is 272 g/mol. The fourth-order valence-corrected chi connectivity index (χ4v) is 1.73. The highest BCUT2D eigenvalue weighted by Gasteiger charge is 2.19. The Balaban J connectivity index is 2.46. The number of hydrogen-bond donors (Lipinski definition) is 3. The summed E-state index contributed by atoms with van der Waals surface area (Å²) >= 11 is 0. The lowest BCUT2D eigenvalue weighted by Crippen LogP contribution is -2.32. The first-order valence-electron chi connectivity index (χ1n) is 5.68. The number of rotatable bonds is 6. The van der Waals surface area contributed by atoms with Crippen LogP contribution in [0.1, 0.15) is 0 Å². The molecule has 2 rings (SSSR count). The summed E-state index contributed by atoms with van der Waals surface area (Å²) < 4.78 is 25.2. The van der Waals surface area contributed by atoms with Crippen molar-refractivity contribution < 1.29 is 13.9 Å². The molecule has 0 spiro atoms. The van der Waals surface area contributed by atoms with Crippen LogP contribution in [0.2, 0.25) is 0 Å². The highest BCUT2D eigenvalue weighted by Crippen LogP contribution is 2.23. The van der Waals surface area contributed by atoms with Crippen molar-refractivity contribution in [2.75, 3.05) is 37.0 Å². The fraction of sp³-hybridized carbons (Fsp3) is 0.500. The summed E-state index contributed by atoms with van der Waals surface area (Å²) in [6.45, 7) is -0.714. The molecule has 2 aromatic heterocycles. The molecule has 0 aliphatic carbocycles. The Morgan fingerprint density at radius 1 is 1.47 bits per heavy atom. The number of hydrogen-bond acceptors (Lipinski definition) is 6. The first-order chi connectivity index (χ1) is 9.15. The summed E-state index contributed by atoms with van der Waals surface area (Å²) in [7, 11) is 1.63. The molecule has 2 heterocycles. The van der Waals surface area contributed by atoms with Gasteiger partial charge in [-0.25, -0.2) is 13.8 Å². The molecule has 3 N–H and O–H groups in total. The second-order valence-corrected chi connectivity index (χ2v) is 3.78. The zero-order valence-electron chi connectivity index (χ0n) is 10.3. The van der Waals surface area contributed by atoms with Gasteiger partial charge < -0.3 is 20.3 Å². The molecule has 0 saturated carbocycles. The molecule has 0 radical (unpaired) electrons. The van der Waals surface area contributed by atoms with Gasteiger partial charge in [0.25, 0.3) is 6.43 Å². The number of H-pyrrole nitrogens is 1. The number of aliphatic hydroxyl groups is 1. The van der Waals surface area contributed by atoms with Gasteiger partial charge in [-0.3, -0.25) is 0 Å². The third kappa shape index (κ3) is 2.87. The van der Waals surface area contributed by atoms with Crippen LogP contribution >= 0.6 is 0 Å². The maximum Gasteiger partial charge on any atom is 0.255 e. The van der Waals surface area contributed by atoms with Crippen LogP contribution in [0.15, 0.2) is 6.33 Å². The van der Waals surface area contributed by atoms with Crippen LogP contribution in [-0.2, 0) is 0 Å². The van der Waals surface area contributed by atoms with E-state index in [2.05, 4.69) is 25.3 Å². The van der Waals surface area contributed by atoms with E-state index in [0.717, 1.165) is 0 Å². The Morgan fingerprint density at radius 2 is 2.26 bits per heavy atom. The van der Waals surface area contributed by atoms with Gasteiger partial charge in [-0.15, -0.1) is 0 Å². The molecular formula is C10H14F2N6O. The molecule has 0 unspecified atom stereocenters. The minimum atomic E-state index is -2.53. The molecule has 0 atom stereocenters. The predicted octanol–water partition coefficient (Wildman–Crippen LogP) is 0.458. The Labute approximate surface area is 107 Å². The van der Waals surface area contributed by atoms with Crippen LogP contribution in [0.5, 0.6) is 0 Å². The number of aromatic nitrogens is 4. The van der Waals surface area contributed by atoms with E-state index in [0.29, 0.717) is 17.0 Å². The number of fused-ring (bicyclic) bond motifs is 1. The summed E-state index contributed by atoms with van der Waals surface area (Å²) in [4.78, 5) is 16.4. The van der Waals surface area contributed by atoms with Crippen LogP contribution in [-0.4, -0.2) is 58.2 Å². The number of aliphatic hydroxyl groups excluding tert-OH is 1. The molecule has 0 amide bonds. The van der Waals surface area contributed by atoms with E-state index >= 15 is 0 Å². The maximum absolute atomic E-state index is 12.6. The summed E-state index contributed by atoms with van der Waals surface area (Å²) in [5.41, 5.74) is 0.847. The van der Waals surface area contributed by atoms with E-state index in [9.17, 15) is 8.78 Å². The number of anilines is 2. The largest absolute Gasteiger partial charge is 0.395 e. The number of aromatic amines is 1. The Morgan fingerprint density at radius 3 is 2.89 bits per heavy atom. The highest BCUT2D eigenvalue weighted by molar-refractivity contribution is 5.84. The lowest BCUT2D eigenvalue weighted by atomic mass is 10.4. The van der Waals surface area contributed by atoms with Crippen molar-refractivity contribution >= 4 is 22.9 Å². The summed E-state index contributed by atoms with van der Waals surface area (Å²) in [6, 6.07) is 0. The highest BCUT2D eigenvalue weighted by atomic mass is 19.3. The van der Waals surface area contributed by atoms with Crippen LogP contribution in [0, 0.1) is 0 Å². The van der Waals surface area contributed by atoms with Crippen molar-refractivity contribution in [3.8, 4) is 0 Å². The smallest absolute Gasteiger partial charge is 0.255 e. The zero-order chi connectivity index (χ0) is 13.8. The van der Waals surface area contributed by atoms with Crippen molar-refractivity contribution in [3.05, 3.63) is 6.33 Å². The van der Waals surface area contributed by atoms with E-state index in [1.54, 1.807) is 7.05 Å². The topological polar surface area (TPSA) is 90.0 Å². The van der Waals surface area contributed by atoms with E-state index in [1.165, 1.54) is 11.2 Å². The molecule has 2 aromatic rings. The number of nitrogens with one attached hydrogen (secondary N) is 2. The minimum absolute atomic E-state index is 0.0542. The molecule has 9 heteroatoms. The number of nitrogens with zero attached hydrogens (tertiary/aromatic N) is 4. The van der Waals surface area contributed by atoms with Gasteiger partial charge in [0.1, 0.15) is 5.52 Å². The number of alkyl halides is 2. The normalized spacial score (nSPS) is 11.2. The van der Waals surface area contributed by atoms with Crippen molar-refractivity contribution in [2.45, 2.75) is 6.43 Å². The van der Waals surface area contributed by atoms with Crippen LogP contribution < -0.4 is 10.2 Å². The van der Waals surface area contributed by atoms with Gasteiger partial charge in [0.15, 0.2) is 11.5 Å². The molecule has 0 bridgehead atoms. The van der Waals surface area contributed by atoms with Gasteiger partial charge in [0, 0.05) is 13.6 Å². The second kappa shape index (κ2) is 5.74. The van der Waals surface area contributed by atoms with Crippen LogP contribution in [0.4, 0.5) is 20.5 Å². The molecule has 0 saturated heterocycles. The van der Waals surface area contributed by atoms with Gasteiger partial charge in [0.05, 0.1) is 19.5 Å². The van der Waals surface area contributed by atoms with Gasteiger partial charge in [-0.05, 0) is 0 Å². The molecule has 7 nitrogen and oxygen atoms in total. The van der Waals surface area contributed by atoms with Gasteiger partial charge >= 0.3 is 0 Å². The van der Waals surface area contributed by atoms with Gasteiger partial charge in [0.2, 0.25) is 5.95 Å². The Bertz CT molecular complexity index is 546. The average Bonchev–Trinajstić information content (AvgIpc) is 2.84. The monoisotopic (exact) mass is 272 g/mol. The maximum atomic E-state index is 12.6. The van der Waals surface area contributed by atoms with E-state index in [-0.39, 0.29) is 19.1 Å². The quantitative estimate of drug-likeness (QED) is 0.707. The van der Waals surface area contributed by atoms with Gasteiger partial charge in [-0.1, -0.05) is 0 Å². The molecule has 104 valence electrons. The Hall–Kier alpha value is -2.03. The third-order valence-corrected chi connectivity index (χ3v) is 2.52. The zero-order valence-corrected chi connectivity index (χ0v) is 10.3. The van der Waals surface area contributed by atoms with Crippen molar-refractivity contribution in [3.63, 3.8) is 0 Å². The molecular weight excluding hydrogens is 258 g/mol. The summed E-state index contributed by atoms with van der Waals surface area (Å²) in [5.74, 6) is 0.577. The third-order valence-electron chi connectivity index (χ3n) is 2.52. The number of halogens is 2. The summed E-state index contributed by atoms with van der Waals surface area (Å²) in [6.07, 6.45) is -1.11. The van der Waals surface area contributed by atoms with Crippen molar-refractivity contribution in [1.82, 2.24) is 19.9 Å². The second-order valence-electron chi connectivity index (χ2n) is 3.78. The Kier molecular flexibility index (Phi) is 4.05. The van der Waals surface area contributed by atoms with E-state index < -0.39 is 13.0 Å². The molecule has 0 fully saturated rings. The molecule has 19 heavy (non-hydrogen) atoms. The van der Waals surface area contributed by atoms with Gasteiger partial charge in [-0.2, -0.15) is 9.97 Å². The SMILES string of the molecule is CNc1nc(N(CCO)CC(F)F)c2[nH]cnc2n1. The predicted molar refractivity (Wildman–Crippen MR) is 66.5 cm³/mol. The molecule has 0 aliphatic rings. The lowest BCUT2D eigenvalue weighted by Gasteiger charge is -2.22. The number of imidazole rings is 1. The van der Waals surface area contributed by atoms with Crippen molar-refractivity contribution in [2.24, 2.45) is 0 Å². The van der Waals surface area contributed by atoms with Crippen molar-refractivity contribution in [1.29, 1.82) is 0 Å². The first-order valence-corrected chi connectivity index (χ1v) is 5.68. The van der Waals surface area contributed by atoms with E-state index in [1.807, 2.05) is 0 Å². The van der Waals surface area contributed by atoms with Crippen LogP contribution in [0.25, 0.3) is 11.2 Å². The lowest BCUT2D eigenvalue weighted by molar-refractivity contribution is 0.152. The molecule has 0 aromatic carbocycles. The molecule has 0 aliphatic heterocycles. The fourth-order valence-electron chi connectivity index (χ4n) is 1.73. The standard InChI is InChI=1S/C10H14F2N6O/c1-13-10-16-8-7(14-5-15-8)9(17-10)18(2-3-19)4-6(11)12/h5-6,19H,2-4H2,1H3,(H2,13,14,15,16,17). The van der Waals surface area contributed by atoms with E-state index in [4.69, 9.17) is 5.11 Å². The summed E-state index contributed by atoms with van der Waals surface area (Å²) in [5, 5.41) is 11.7. The first kappa shape index (κ1) is 13.4.